The molecule has 0 saturated carbocycles. The average molecular weight is 532 g/mol. The summed E-state index contributed by atoms with van der Waals surface area (Å²) in [4.78, 5) is 39.2. The van der Waals surface area contributed by atoms with Crippen LogP contribution < -0.4 is 15.5 Å². The SMILES string of the molecule is COc1cc(C=NNC(=O)C(Cc2c[nH]c3ccccc23)NC(=O)OCc2ccccc2)cc([N+](=O)[O-])c1O. The van der Waals surface area contributed by atoms with Crippen molar-refractivity contribution < 1.29 is 29.1 Å². The molecule has 0 radical (unpaired) electrons. The zero-order valence-electron chi connectivity index (χ0n) is 20.8. The maximum atomic E-state index is 13.1. The first kappa shape index (κ1) is 26.7. The Morgan fingerprint density at radius 1 is 1.15 bits per heavy atom. The Balaban J connectivity index is 1.50. The number of nitrogens with one attached hydrogen (secondary N) is 3. The van der Waals surface area contributed by atoms with Crippen molar-refractivity contribution in [2.24, 2.45) is 5.10 Å². The summed E-state index contributed by atoms with van der Waals surface area (Å²) in [6, 6.07) is 18.0. The predicted octanol–water partition coefficient (Wildman–Crippen LogP) is 3.78. The van der Waals surface area contributed by atoms with Crippen molar-refractivity contribution in [3.8, 4) is 11.5 Å². The van der Waals surface area contributed by atoms with Crippen molar-refractivity contribution in [2.45, 2.75) is 19.1 Å². The second-order valence-corrected chi connectivity index (χ2v) is 8.40. The highest BCUT2D eigenvalue weighted by molar-refractivity contribution is 5.90. The fourth-order valence-corrected chi connectivity index (χ4v) is 3.87. The number of para-hydroxylation sites is 1. The molecule has 1 heterocycles. The van der Waals surface area contributed by atoms with Crippen molar-refractivity contribution in [3.05, 3.63) is 99.7 Å². The van der Waals surface area contributed by atoms with Crippen molar-refractivity contribution >= 4 is 34.8 Å². The third kappa shape index (κ3) is 6.68. The smallest absolute Gasteiger partial charge is 0.408 e. The number of benzene rings is 3. The Morgan fingerprint density at radius 3 is 2.64 bits per heavy atom. The van der Waals surface area contributed by atoms with Crippen LogP contribution in [0, 0.1) is 10.1 Å². The minimum atomic E-state index is -1.06. The molecule has 4 aromatic rings. The number of phenolic OH excluding ortho intramolecular Hbond substituents is 1. The molecule has 0 fully saturated rings. The number of hydrogen-bond donors (Lipinski definition) is 4. The van der Waals surface area contributed by atoms with Gasteiger partial charge in [-0.25, -0.2) is 10.2 Å². The molecule has 0 aliphatic carbocycles. The quantitative estimate of drug-likeness (QED) is 0.137. The minimum Gasteiger partial charge on any atom is -0.500 e. The summed E-state index contributed by atoms with van der Waals surface area (Å²) in [6.07, 6.45) is 2.25. The molecule has 1 atom stereocenters. The van der Waals surface area contributed by atoms with Crippen LogP contribution in [0.2, 0.25) is 0 Å². The molecule has 0 aliphatic rings. The summed E-state index contributed by atoms with van der Waals surface area (Å²) < 4.78 is 10.3. The Kier molecular flexibility index (Phi) is 8.36. The molecule has 4 N–H and O–H groups in total. The highest BCUT2D eigenvalue weighted by Crippen LogP contribution is 2.36. The van der Waals surface area contributed by atoms with E-state index >= 15 is 0 Å². The number of nitro groups is 1. The van der Waals surface area contributed by atoms with Gasteiger partial charge in [-0.05, 0) is 23.3 Å². The lowest BCUT2D eigenvalue weighted by atomic mass is 10.0. The lowest BCUT2D eigenvalue weighted by molar-refractivity contribution is -0.386. The van der Waals surface area contributed by atoms with Crippen LogP contribution in [0.25, 0.3) is 10.9 Å². The normalized spacial score (nSPS) is 11.7. The molecule has 4 rings (SSSR count). The van der Waals surface area contributed by atoms with Gasteiger partial charge in [0.15, 0.2) is 5.75 Å². The molecule has 1 unspecified atom stereocenters. The monoisotopic (exact) mass is 531 g/mol. The fraction of sp³-hybridized carbons (Fsp3) is 0.148. The lowest BCUT2D eigenvalue weighted by Gasteiger charge is -2.17. The zero-order valence-corrected chi connectivity index (χ0v) is 20.8. The molecule has 12 heteroatoms. The number of rotatable bonds is 10. The molecule has 0 spiro atoms. The third-order valence-corrected chi connectivity index (χ3v) is 5.80. The zero-order chi connectivity index (χ0) is 27.8. The summed E-state index contributed by atoms with van der Waals surface area (Å²) >= 11 is 0. The first-order valence-electron chi connectivity index (χ1n) is 11.8. The number of aromatic nitrogens is 1. The summed E-state index contributed by atoms with van der Waals surface area (Å²) in [5.41, 5.74) is 4.41. The van der Waals surface area contributed by atoms with E-state index in [9.17, 15) is 24.8 Å². The molecular weight excluding hydrogens is 506 g/mol. The van der Waals surface area contributed by atoms with Crippen LogP contribution in [0.1, 0.15) is 16.7 Å². The van der Waals surface area contributed by atoms with E-state index in [0.29, 0.717) is 0 Å². The Bertz CT molecular complexity index is 1520. The Hall–Kier alpha value is -5.39. The number of aromatic amines is 1. The number of methoxy groups -OCH3 is 1. The molecule has 2 amide bonds. The molecule has 39 heavy (non-hydrogen) atoms. The number of H-pyrrole nitrogens is 1. The van der Waals surface area contributed by atoms with Crippen LogP contribution in [0.4, 0.5) is 10.5 Å². The molecule has 12 nitrogen and oxygen atoms in total. The van der Waals surface area contributed by atoms with Crippen LogP contribution in [0.5, 0.6) is 11.5 Å². The minimum absolute atomic E-state index is 0.0215. The van der Waals surface area contributed by atoms with E-state index in [1.165, 1.54) is 13.2 Å². The molecule has 0 saturated heterocycles. The van der Waals surface area contributed by atoms with Gasteiger partial charge in [0.2, 0.25) is 5.75 Å². The van der Waals surface area contributed by atoms with Gasteiger partial charge in [0.1, 0.15) is 12.6 Å². The maximum absolute atomic E-state index is 13.1. The van der Waals surface area contributed by atoms with Crippen molar-refractivity contribution in [2.75, 3.05) is 7.11 Å². The average Bonchev–Trinajstić information content (AvgIpc) is 3.35. The van der Waals surface area contributed by atoms with Gasteiger partial charge in [-0.3, -0.25) is 14.9 Å². The van der Waals surface area contributed by atoms with E-state index < -0.39 is 34.4 Å². The highest BCUT2D eigenvalue weighted by atomic mass is 16.6. The lowest BCUT2D eigenvalue weighted by Crippen LogP contribution is -2.47. The van der Waals surface area contributed by atoms with E-state index in [1.54, 1.807) is 18.3 Å². The number of carbonyl (C=O) groups excluding carboxylic acids is 2. The van der Waals surface area contributed by atoms with E-state index in [2.05, 4.69) is 20.8 Å². The fourth-order valence-electron chi connectivity index (χ4n) is 3.87. The summed E-state index contributed by atoms with van der Waals surface area (Å²) in [5, 5.41) is 28.5. The molecule has 1 aromatic heterocycles. The van der Waals surface area contributed by atoms with Gasteiger partial charge < -0.3 is 24.9 Å². The number of ether oxygens (including phenoxy) is 2. The molecule has 3 aromatic carbocycles. The third-order valence-electron chi connectivity index (χ3n) is 5.80. The number of nitrogens with zero attached hydrogens (tertiary/aromatic N) is 2. The van der Waals surface area contributed by atoms with Gasteiger partial charge >= 0.3 is 11.8 Å². The van der Waals surface area contributed by atoms with Crippen molar-refractivity contribution in [3.63, 3.8) is 0 Å². The van der Waals surface area contributed by atoms with Crippen LogP contribution in [0.3, 0.4) is 0 Å². The number of alkyl carbamates (subject to hydrolysis) is 1. The number of hydrazone groups is 1. The summed E-state index contributed by atoms with van der Waals surface area (Å²) in [5.74, 6) is -1.40. The molecular formula is C27H25N5O7. The van der Waals surface area contributed by atoms with E-state index in [4.69, 9.17) is 9.47 Å². The highest BCUT2D eigenvalue weighted by Gasteiger charge is 2.24. The maximum Gasteiger partial charge on any atom is 0.408 e. The second kappa shape index (κ2) is 12.2. The number of nitro benzene ring substituents is 1. The molecule has 0 aliphatic heterocycles. The van der Waals surface area contributed by atoms with Crippen LogP contribution in [0.15, 0.2) is 78.0 Å². The van der Waals surface area contributed by atoms with Gasteiger partial charge in [0, 0.05) is 35.2 Å². The van der Waals surface area contributed by atoms with Gasteiger partial charge in [-0.2, -0.15) is 5.10 Å². The van der Waals surface area contributed by atoms with Gasteiger partial charge in [-0.1, -0.05) is 48.5 Å². The number of hydrogen-bond acceptors (Lipinski definition) is 8. The second-order valence-electron chi connectivity index (χ2n) is 8.40. The van der Waals surface area contributed by atoms with Crippen LogP contribution in [-0.4, -0.2) is 46.4 Å². The van der Waals surface area contributed by atoms with Crippen LogP contribution >= 0.6 is 0 Å². The van der Waals surface area contributed by atoms with E-state index in [-0.39, 0.29) is 24.3 Å². The Labute approximate surface area is 222 Å². The predicted molar refractivity (Wildman–Crippen MR) is 143 cm³/mol. The van der Waals surface area contributed by atoms with Crippen LogP contribution in [-0.2, 0) is 22.6 Å². The summed E-state index contributed by atoms with van der Waals surface area (Å²) in [6.45, 7) is 0.0215. The largest absolute Gasteiger partial charge is 0.500 e. The van der Waals surface area contributed by atoms with Gasteiger partial charge in [0.25, 0.3) is 5.91 Å². The standard InChI is InChI=1S/C27H25N5O7/c1-38-24-12-18(11-23(25(24)33)32(36)37)14-29-31-26(34)22(13-19-15-28-21-10-6-5-9-20(19)21)30-27(35)39-16-17-7-3-2-4-8-17/h2-12,14-15,22,28,33H,13,16H2,1H3,(H,30,35)(H,31,34). The number of phenols is 1. The first-order valence-corrected chi connectivity index (χ1v) is 11.8. The van der Waals surface area contributed by atoms with E-state index in [0.717, 1.165) is 34.3 Å². The first-order chi connectivity index (χ1) is 18.9. The molecule has 0 bridgehead atoms. The topological polar surface area (TPSA) is 168 Å². The van der Waals surface area contributed by atoms with Gasteiger partial charge in [-0.15, -0.1) is 0 Å². The Morgan fingerprint density at radius 2 is 1.90 bits per heavy atom. The number of fused-ring (bicyclic) bond motifs is 1. The summed E-state index contributed by atoms with van der Waals surface area (Å²) in [7, 11) is 1.25. The van der Waals surface area contributed by atoms with Crippen molar-refractivity contribution in [1.29, 1.82) is 0 Å². The number of amides is 2. The van der Waals surface area contributed by atoms with E-state index in [1.807, 2.05) is 42.5 Å². The number of carbonyl (C=O) groups is 2. The molecule has 200 valence electrons. The number of aromatic hydroxyl groups is 1. The van der Waals surface area contributed by atoms with Crippen molar-refractivity contribution in [1.82, 2.24) is 15.7 Å². The van der Waals surface area contributed by atoms with Gasteiger partial charge in [0.05, 0.1) is 18.2 Å².